The summed E-state index contributed by atoms with van der Waals surface area (Å²) in [4.78, 5) is 30.2. The van der Waals surface area contributed by atoms with Gasteiger partial charge in [0.05, 0.1) is 16.6 Å². The van der Waals surface area contributed by atoms with Crippen LogP contribution < -0.4 is 11.1 Å². The summed E-state index contributed by atoms with van der Waals surface area (Å²) in [5.41, 5.74) is 12.0. The Morgan fingerprint density at radius 1 is 0.892 bits per heavy atom. The van der Waals surface area contributed by atoms with Gasteiger partial charge in [0, 0.05) is 17.7 Å². The summed E-state index contributed by atoms with van der Waals surface area (Å²) >= 11 is 0. The molecule has 0 saturated heterocycles. The van der Waals surface area contributed by atoms with Gasteiger partial charge in [-0.3, -0.25) is 4.79 Å². The first-order chi connectivity index (χ1) is 17.7. The Morgan fingerprint density at radius 3 is 2.19 bits per heavy atom. The molecular weight excluding hydrogens is 464 g/mol. The van der Waals surface area contributed by atoms with Gasteiger partial charge < -0.3 is 11.1 Å². The maximum atomic E-state index is 13.1. The number of amides is 1. The first-order valence-electron chi connectivity index (χ1n) is 12.0. The van der Waals surface area contributed by atoms with Gasteiger partial charge in [-0.1, -0.05) is 59.7 Å². The maximum absolute atomic E-state index is 13.1. The predicted molar refractivity (Wildman–Crippen MR) is 144 cm³/mol. The van der Waals surface area contributed by atoms with Crippen LogP contribution in [0.15, 0.2) is 67.3 Å². The number of carbonyl (C=O) groups excluding carboxylic acids is 1. The average molecular weight is 493 g/mol. The molecule has 3 heterocycles. The van der Waals surface area contributed by atoms with E-state index in [1.165, 1.54) is 12.7 Å². The molecule has 0 spiro atoms. The minimum absolute atomic E-state index is 0.281. The number of carbonyl (C=O) groups is 1. The number of fused-ring (bicyclic) bond motifs is 1. The molecule has 1 amide bonds. The lowest BCUT2D eigenvalue weighted by Gasteiger charge is -2.26. The van der Waals surface area contributed by atoms with Crippen molar-refractivity contribution in [3.63, 3.8) is 0 Å². The van der Waals surface area contributed by atoms with Crippen molar-refractivity contribution in [2.24, 2.45) is 0 Å². The maximum Gasteiger partial charge on any atom is 0.270 e. The third-order valence-electron chi connectivity index (χ3n) is 6.32. The lowest BCUT2D eigenvalue weighted by atomic mass is 10.1. The third kappa shape index (κ3) is 4.75. The second-order valence-corrected chi connectivity index (χ2v) is 9.73. The van der Waals surface area contributed by atoms with E-state index in [1.807, 2.05) is 76.2 Å². The summed E-state index contributed by atoms with van der Waals surface area (Å²) < 4.78 is 1.80. The van der Waals surface area contributed by atoms with Crippen molar-refractivity contribution in [1.29, 1.82) is 0 Å². The number of nitrogen functional groups attached to an aromatic ring is 1. The average Bonchev–Trinajstić information content (AvgIpc) is 3.30. The molecule has 0 fully saturated rings. The smallest absolute Gasteiger partial charge is 0.270 e. The fourth-order valence-corrected chi connectivity index (χ4v) is 4.14. The van der Waals surface area contributed by atoms with Crippen LogP contribution in [-0.4, -0.2) is 42.2 Å². The van der Waals surface area contributed by atoms with Gasteiger partial charge in [-0.25, -0.2) is 24.6 Å². The number of hydrogen-bond donors (Lipinski definition) is 2. The number of hydrogen-bond acceptors (Lipinski definition) is 7. The highest BCUT2D eigenvalue weighted by molar-refractivity contribution is 5.98. The number of rotatable bonds is 6. The third-order valence-corrected chi connectivity index (χ3v) is 6.32. The number of aryl methyl sites for hydroxylation is 2. The fourth-order valence-electron chi connectivity index (χ4n) is 4.14. The van der Waals surface area contributed by atoms with Gasteiger partial charge in [0.1, 0.15) is 29.9 Å². The minimum Gasteiger partial charge on any atom is -0.383 e. The Labute approximate surface area is 214 Å². The van der Waals surface area contributed by atoms with Gasteiger partial charge in [0.2, 0.25) is 0 Å². The van der Waals surface area contributed by atoms with E-state index in [1.54, 1.807) is 10.7 Å². The molecule has 186 valence electrons. The van der Waals surface area contributed by atoms with Gasteiger partial charge in [-0.05, 0) is 33.8 Å². The Kier molecular flexibility index (Phi) is 6.12. The standard InChI is InChI=1S/C28H28N8O/c1-17-5-9-19(10-6-17)21-13-22(32-15-31-21)27(37)30-14-28(3,4)36-26-23(25(29)33-16-34-26)24(35-36)20-11-7-18(2)8-12-20/h5-13,15-16H,14H2,1-4H3,(H,30,37)(H2,29,33,34). The van der Waals surface area contributed by atoms with Crippen molar-refractivity contribution in [2.75, 3.05) is 12.3 Å². The van der Waals surface area contributed by atoms with Crippen LogP contribution >= 0.6 is 0 Å². The topological polar surface area (TPSA) is 124 Å². The molecule has 9 nitrogen and oxygen atoms in total. The first kappa shape index (κ1) is 24.1. The van der Waals surface area contributed by atoms with Crippen molar-refractivity contribution in [2.45, 2.75) is 33.2 Å². The van der Waals surface area contributed by atoms with Gasteiger partial charge in [0.15, 0.2) is 5.65 Å². The summed E-state index contributed by atoms with van der Waals surface area (Å²) in [5, 5.41) is 8.57. The van der Waals surface area contributed by atoms with E-state index in [9.17, 15) is 4.79 Å². The van der Waals surface area contributed by atoms with Crippen molar-refractivity contribution in [1.82, 2.24) is 35.0 Å². The van der Waals surface area contributed by atoms with Crippen molar-refractivity contribution in [3.8, 4) is 22.5 Å². The highest BCUT2D eigenvalue weighted by atomic mass is 16.1. The summed E-state index contributed by atoms with van der Waals surface area (Å²) in [7, 11) is 0. The zero-order chi connectivity index (χ0) is 26.2. The van der Waals surface area contributed by atoms with Crippen molar-refractivity contribution < 1.29 is 4.79 Å². The summed E-state index contributed by atoms with van der Waals surface area (Å²) in [6.07, 6.45) is 2.83. The molecule has 0 aliphatic heterocycles. The Morgan fingerprint density at radius 2 is 1.51 bits per heavy atom. The molecule has 0 aliphatic rings. The van der Waals surface area contributed by atoms with Crippen LogP contribution in [0.3, 0.4) is 0 Å². The van der Waals surface area contributed by atoms with Gasteiger partial charge in [0.25, 0.3) is 5.91 Å². The van der Waals surface area contributed by atoms with Gasteiger partial charge in [-0.15, -0.1) is 0 Å². The Bertz CT molecular complexity index is 1590. The first-order valence-corrected chi connectivity index (χ1v) is 12.0. The molecule has 0 aliphatic carbocycles. The Balaban J connectivity index is 1.42. The lowest BCUT2D eigenvalue weighted by Crippen LogP contribution is -2.41. The van der Waals surface area contributed by atoms with Crippen LogP contribution in [0.1, 0.15) is 35.5 Å². The van der Waals surface area contributed by atoms with E-state index in [0.29, 0.717) is 33.9 Å². The van der Waals surface area contributed by atoms with Crippen molar-refractivity contribution >= 4 is 22.8 Å². The molecule has 0 saturated carbocycles. The molecule has 9 heteroatoms. The SMILES string of the molecule is Cc1ccc(-c2cc(C(=O)NCC(C)(C)n3nc(-c4ccc(C)cc4)c4c(N)ncnc43)ncn2)cc1. The van der Waals surface area contributed by atoms with Crippen LogP contribution in [0.4, 0.5) is 5.82 Å². The lowest BCUT2D eigenvalue weighted by molar-refractivity contribution is 0.0931. The highest BCUT2D eigenvalue weighted by Crippen LogP contribution is 2.33. The van der Waals surface area contributed by atoms with Crippen LogP contribution in [0.5, 0.6) is 0 Å². The predicted octanol–water partition coefficient (Wildman–Crippen LogP) is 4.31. The van der Waals surface area contributed by atoms with E-state index in [2.05, 4.69) is 25.3 Å². The van der Waals surface area contributed by atoms with E-state index >= 15 is 0 Å². The molecule has 0 atom stereocenters. The molecule has 37 heavy (non-hydrogen) atoms. The normalized spacial score (nSPS) is 11.6. The molecule has 5 rings (SSSR count). The second kappa shape index (κ2) is 9.42. The van der Waals surface area contributed by atoms with E-state index in [0.717, 1.165) is 22.3 Å². The van der Waals surface area contributed by atoms with Crippen molar-refractivity contribution in [3.05, 3.63) is 84.1 Å². The quantitative estimate of drug-likeness (QED) is 0.362. The molecule has 3 aromatic heterocycles. The van der Waals surface area contributed by atoms with E-state index < -0.39 is 5.54 Å². The number of nitrogens with zero attached hydrogens (tertiary/aromatic N) is 6. The summed E-state index contributed by atoms with van der Waals surface area (Å²) in [6, 6.07) is 17.7. The van der Waals surface area contributed by atoms with Gasteiger partial charge in [-0.2, -0.15) is 5.10 Å². The van der Waals surface area contributed by atoms with E-state index in [4.69, 9.17) is 10.8 Å². The number of aromatic nitrogens is 6. The fraction of sp³-hybridized carbons (Fsp3) is 0.214. The number of anilines is 1. The van der Waals surface area contributed by atoms with Crippen LogP contribution in [-0.2, 0) is 5.54 Å². The zero-order valence-electron chi connectivity index (χ0n) is 21.2. The molecule has 3 N–H and O–H groups in total. The second-order valence-electron chi connectivity index (χ2n) is 9.73. The summed E-state index contributed by atoms with van der Waals surface area (Å²) in [6.45, 7) is 8.30. The molecule has 5 aromatic rings. The van der Waals surface area contributed by atoms with Crippen LogP contribution in [0.2, 0.25) is 0 Å². The van der Waals surface area contributed by atoms with Gasteiger partial charge >= 0.3 is 0 Å². The van der Waals surface area contributed by atoms with Crippen LogP contribution in [0, 0.1) is 13.8 Å². The van der Waals surface area contributed by atoms with Crippen LogP contribution in [0.25, 0.3) is 33.5 Å². The molecule has 0 bridgehead atoms. The summed E-state index contributed by atoms with van der Waals surface area (Å²) in [5.74, 6) is 0.0597. The molecule has 2 aromatic carbocycles. The zero-order valence-corrected chi connectivity index (χ0v) is 21.2. The molecule has 0 unspecified atom stereocenters. The number of benzene rings is 2. The Hall–Kier alpha value is -4.66. The molecular formula is C28H28N8O. The number of nitrogens with two attached hydrogens (primary N) is 1. The molecule has 0 radical (unpaired) electrons. The minimum atomic E-state index is -0.634. The largest absolute Gasteiger partial charge is 0.383 e. The monoisotopic (exact) mass is 492 g/mol. The highest BCUT2D eigenvalue weighted by Gasteiger charge is 2.28. The number of nitrogens with one attached hydrogen (secondary N) is 1. The van der Waals surface area contributed by atoms with E-state index in [-0.39, 0.29) is 12.5 Å².